The third kappa shape index (κ3) is 4.29. The van der Waals surface area contributed by atoms with Crippen LogP contribution >= 0.6 is 0 Å². The zero-order chi connectivity index (χ0) is 13.0. The number of fused-ring (bicyclic) bond motifs is 1. The fraction of sp³-hybridized carbons (Fsp3) is 0.462. The molecule has 19 heavy (non-hydrogen) atoms. The third-order valence-electron chi connectivity index (χ3n) is 2.61. The zero-order valence-corrected chi connectivity index (χ0v) is 11.8. The second-order valence-electron chi connectivity index (χ2n) is 4.45. The minimum absolute atomic E-state index is 0. The van der Waals surface area contributed by atoms with Crippen LogP contribution in [0.3, 0.4) is 0 Å². The van der Waals surface area contributed by atoms with Crippen molar-refractivity contribution >= 4 is 5.97 Å². The lowest BCUT2D eigenvalue weighted by Gasteiger charge is -2.18. The van der Waals surface area contributed by atoms with Gasteiger partial charge in [0.05, 0.1) is 19.7 Å². The van der Waals surface area contributed by atoms with Crippen LogP contribution in [-0.4, -0.2) is 46.4 Å². The van der Waals surface area contributed by atoms with Crippen LogP contribution in [0.25, 0.3) is 0 Å². The quantitative estimate of drug-likeness (QED) is 0.592. The molecule has 0 saturated carbocycles. The Hall–Kier alpha value is -1.46. The first kappa shape index (κ1) is 15.6. The van der Waals surface area contributed by atoms with Crippen molar-refractivity contribution < 1.29 is 36.3 Å². The van der Waals surface area contributed by atoms with E-state index in [1.54, 1.807) is 18.2 Å². The predicted octanol–water partition coefficient (Wildman–Crippen LogP) is -3.24. The van der Waals surface area contributed by atoms with Crippen LogP contribution in [0.5, 0.6) is 11.5 Å². The van der Waals surface area contributed by atoms with E-state index in [4.69, 9.17) is 14.2 Å². The number of likely N-dealkylation sites (N-methyl/N-ethyl adjacent to an activating group) is 1. The topological polar surface area (TPSA) is 49.2 Å². The number of esters is 1. The molecule has 0 aliphatic carbocycles. The van der Waals surface area contributed by atoms with Gasteiger partial charge in [0.2, 0.25) is 0 Å². The highest BCUT2D eigenvalue weighted by molar-refractivity contribution is 5.90. The van der Waals surface area contributed by atoms with Gasteiger partial charge >= 0.3 is 5.97 Å². The van der Waals surface area contributed by atoms with Gasteiger partial charge in [-0.15, -0.1) is 0 Å². The monoisotopic (exact) mass is 287 g/mol. The molecule has 0 aromatic heterocycles. The Morgan fingerprint density at radius 1 is 1.26 bits per heavy atom. The number of halogens is 1. The van der Waals surface area contributed by atoms with Gasteiger partial charge in [0.25, 0.3) is 0 Å². The van der Waals surface area contributed by atoms with Crippen molar-refractivity contribution in [3.05, 3.63) is 23.8 Å². The number of quaternary nitrogens is 1. The fourth-order valence-electron chi connectivity index (χ4n) is 1.60. The van der Waals surface area contributed by atoms with Crippen LogP contribution < -0.4 is 26.8 Å². The highest BCUT2D eigenvalue weighted by Gasteiger charge is 2.15. The van der Waals surface area contributed by atoms with Crippen LogP contribution in [0, 0.1) is 0 Å². The second kappa shape index (κ2) is 7.21. The summed E-state index contributed by atoms with van der Waals surface area (Å²) in [6.07, 6.45) is 0. The maximum atomic E-state index is 11.8. The molecular formula is C13H18ClNO4. The summed E-state index contributed by atoms with van der Waals surface area (Å²) in [5.74, 6) is 0.956. The van der Waals surface area contributed by atoms with Gasteiger partial charge in [0, 0.05) is 0 Å². The molecule has 2 rings (SSSR count). The lowest BCUT2D eigenvalue weighted by atomic mass is 10.2. The Balaban J connectivity index is 0.00000180. The van der Waals surface area contributed by atoms with Crippen LogP contribution in [-0.2, 0) is 4.74 Å². The van der Waals surface area contributed by atoms with Crippen molar-refractivity contribution in [1.82, 2.24) is 0 Å². The molecule has 0 amide bonds. The first-order valence-corrected chi connectivity index (χ1v) is 6.02. The molecule has 106 valence electrons. The first-order valence-electron chi connectivity index (χ1n) is 6.02. The number of benzene rings is 1. The smallest absolute Gasteiger partial charge is 0.338 e. The van der Waals surface area contributed by atoms with E-state index >= 15 is 0 Å². The molecule has 0 unspecified atom stereocenters. The van der Waals surface area contributed by atoms with E-state index in [-0.39, 0.29) is 18.4 Å². The average Bonchev–Trinajstić information content (AvgIpc) is 2.37. The van der Waals surface area contributed by atoms with Crippen molar-refractivity contribution in [3.63, 3.8) is 0 Å². The third-order valence-corrected chi connectivity index (χ3v) is 2.61. The van der Waals surface area contributed by atoms with E-state index in [1.807, 2.05) is 14.1 Å². The molecule has 6 heteroatoms. The highest BCUT2D eigenvalue weighted by atomic mass is 35.5. The van der Waals surface area contributed by atoms with Gasteiger partial charge in [-0.05, 0) is 18.2 Å². The maximum Gasteiger partial charge on any atom is 0.338 e. The molecule has 0 saturated heterocycles. The number of carbonyl (C=O) groups excluding carboxylic acids is 1. The van der Waals surface area contributed by atoms with Gasteiger partial charge in [0.15, 0.2) is 11.5 Å². The number of rotatable bonds is 4. The Kier molecular flexibility index (Phi) is 5.92. The molecule has 1 N–H and O–H groups in total. The molecular weight excluding hydrogens is 270 g/mol. The molecule has 0 spiro atoms. The summed E-state index contributed by atoms with van der Waals surface area (Å²) in [5.41, 5.74) is 0.494. The molecule has 1 aliphatic heterocycles. The van der Waals surface area contributed by atoms with Gasteiger partial charge in [-0.1, -0.05) is 0 Å². The van der Waals surface area contributed by atoms with E-state index in [1.165, 1.54) is 4.90 Å². The van der Waals surface area contributed by atoms with E-state index in [9.17, 15) is 4.79 Å². The molecule has 0 bridgehead atoms. The van der Waals surface area contributed by atoms with E-state index in [0.717, 1.165) is 6.54 Å². The van der Waals surface area contributed by atoms with Crippen molar-refractivity contribution in [2.75, 3.05) is 40.5 Å². The molecule has 1 aliphatic rings. The minimum atomic E-state index is -0.326. The molecule has 1 aromatic carbocycles. The molecule has 0 fully saturated rings. The Bertz CT molecular complexity index is 437. The number of carbonyl (C=O) groups is 1. The van der Waals surface area contributed by atoms with Gasteiger partial charge in [-0.3, -0.25) is 0 Å². The zero-order valence-electron chi connectivity index (χ0n) is 11.1. The van der Waals surface area contributed by atoms with Crippen molar-refractivity contribution in [2.45, 2.75) is 0 Å². The lowest BCUT2D eigenvalue weighted by molar-refractivity contribution is -0.858. The van der Waals surface area contributed by atoms with Crippen molar-refractivity contribution in [2.24, 2.45) is 0 Å². The van der Waals surface area contributed by atoms with E-state index in [0.29, 0.717) is 36.9 Å². The first-order chi connectivity index (χ1) is 8.66. The highest BCUT2D eigenvalue weighted by Crippen LogP contribution is 2.30. The standard InChI is InChI=1S/C13H17NO4.ClH/c1-14(2)5-6-18-13(15)10-3-4-11-12(9-10)17-8-7-16-11;/h3-4,9H,5-8H2,1-2H3;1H. The van der Waals surface area contributed by atoms with Gasteiger partial charge in [0.1, 0.15) is 26.4 Å². The average molecular weight is 288 g/mol. The van der Waals surface area contributed by atoms with Crippen LogP contribution in [0.15, 0.2) is 18.2 Å². The Labute approximate surface area is 118 Å². The van der Waals surface area contributed by atoms with E-state index < -0.39 is 0 Å². The number of nitrogens with one attached hydrogen (secondary N) is 1. The second-order valence-corrected chi connectivity index (χ2v) is 4.45. The molecule has 0 atom stereocenters. The predicted molar refractivity (Wildman–Crippen MR) is 65.4 cm³/mol. The maximum absolute atomic E-state index is 11.8. The summed E-state index contributed by atoms with van der Waals surface area (Å²) in [5, 5.41) is 0. The molecule has 1 heterocycles. The Morgan fingerprint density at radius 3 is 2.63 bits per heavy atom. The van der Waals surface area contributed by atoms with Crippen molar-refractivity contribution in [3.8, 4) is 11.5 Å². The number of hydrogen-bond acceptors (Lipinski definition) is 4. The summed E-state index contributed by atoms with van der Waals surface area (Å²) in [7, 11) is 4.02. The normalized spacial score (nSPS) is 12.8. The largest absolute Gasteiger partial charge is 1.00 e. The molecule has 1 aromatic rings. The van der Waals surface area contributed by atoms with Gasteiger partial charge in [-0.2, -0.15) is 0 Å². The minimum Gasteiger partial charge on any atom is -1.00 e. The summed E-state index contributed by atoms with van der Waals surface area (Å²) in [4.78, 5) is 13.0. The number of hydrogen-bond donors (Lipinski definition) is 1. The molecule has 5 nitrogen and oxygen atoms in total. The van der Waals surface area contributed by atoms with Crippen LogP contribution in [0.4, 0.5) is 0 Å². The van der Waals surface area contributed by atoms with Crippen LogP contribution in [0.2, 0.25) is 0 Å². The summed E-state index contributed by atoms with van der Waals surface area (Å²) in [6, 6.07) is 5.10. The number of ether oxygens (including phenoxy) is 3. The van der Waals surface area contributed by atoms with E-state index in [2.05, 4.69) is 0 Å². The van der Waals surface area contributed by atoms with Gasteiger partial charge in [-0.25, -0.2) is 4.79 Å². The fourth-order valence-corrected chi connectivity index (χ4v) is 1.60. The SMILES string of the molecule is C[NH+](C)CCOC(=O)c1ccc2c(c1)OCCO2.[Cl-]. The summed E-state index contributed by atoms with van der Waals surface area (Å²) >= 11 is 0. The molecule has 0 radical (unpaired) electrons. The summed E-state index contributed by atoms with van der Waals surface area (Å²) < 4.78 is 16.0. The lowest BCUT2D eigenvalue weighted by Crippen LogP contribution is -3.06. The van der Waals surface area contributed by atoms with Crippen LogP contribution in [0.1, 0.15) is 10.4 Å². The summed E-state index contributed by atoms with van der Waals surface area (Å²) in [6.45, 7) is 2.25. The van der Waals surface area contributed by atoms with Gasteiger partial charge < -0.3 is 31.5 Å². The Morgan fingerprint density at radius 2 is 1.95 bits per heavy atom. The van der Waals surface area contributed by atoms with Crippen molar-refractivity contribution in [1.29, 1.82) is 0 Å².